The van der Waals surface area contributed by atoms with Gasteiger partial charge in [-0.2, -0.15) is 0 Å². The average molecular weight is 275 g/mol. The highest BCUT2D eigenvalue weighted by Gasteiger charge is 2.23. The van der Waals surface area contributed by atoms with Crippen LogP contribution in [0.3, 0.4) is 0 Å². The second-order valence-corrected chi connectivity index (χ2v) is 4.40. The van der Waals surface area contributed by atoms with Gasteiger partial charge in [0, 0.05) is 16.6 Å². The van der Waals surface area contributed by atoms with Crippen LogP contribution in [0.5, 0.6) is 17.2 Å². The van der Waals surface area contributed by atoms with E-state index in [2.05, 4.69) is 0 Å². The molecule has 6 heteroatoms. The normalized spacial score (nSPS) is 12.0. The molecule has 0 aromatic heterocycles. The SMILES string of the molecule is O=[N+]([O-])CC(c1ccc(O)cc1)c1ccc(O)cc1O. The van der Waals surface area contributed by atoms with Gasteiger partial charge in [0.25, 0.3) is 0 Å². The van der Waals surface area contributed by atoms with Gasteiger partial charge in [0.2, 0.25) is 6.54 Å². The molecule has 20 heavy (non-hydrogen) atoms. The Hall–Kier alpha value is -2.76. The summed E-state index contributed by atoms with van der Waals surface area (Å²) >= 11 is 0. The summed E-state index contributed by atoms with van der Waals surface area (Å²) in [6.45, 7) is -0.400. The van der Waals surface area contributed by atoms with E-state index in [1.165, 1.54) is 24.3 Å². The minimum atomic E-state index is -0.661. The van der Waals surface area contributed by atoms with Crippen LogP contribution in [0.2, 0.25) is 0 Å². The molecule has 0 heterocycles. The number of phenols is 3. The van der Waals surface area contributed by atoms with E-state index in [-0.39, 0.29) is 17.2 Å². The van der Waals surface area contributed by atoms with Gasteiger partial charge in [0.15, 0.2) is 0 Å². The highest BCUT2D eigenvalue weighted by molar-refractivity contribution is 5.45. The van der Waals surface area contributed by atoms with E-state index in [0.717, 1.165) is 6.07 Å². The predicted octanol–water partition coefficient (Wildman–Crippen LogP) is 2.21. The summed E-state index contributed by atoms with van der Waals surface area (Å²) in [5, 5.41) is 39.2. The van der Waals surface area contributed by atoms with Crippen molar-refractivity contribution in [2.24, 2.45) is 0 Å². The van der Waals surface area contributed by atoms with Crippen molar-refractivity contribution in [2.45, 2.75) is 5.92 Å². The highest BCUT2D eigenvalue weighted by atomic mass is 16.6. The molecule has 2 aromatic carbocycles. The topological polar surface area (TPSA) is 104 Å². The van der Waals surface area contributed by atoms with Gasteiger partial charge in [0.1, 0.15) is 17.2 Å². The van der Waals surface area contributed by atoms with Crippen LogP contribution in [0.1, 0.15) is 17.0 Å². The summed E-state index contributed by atoms with van der Waals surface area (Å²) in [5.41, 5.74) is 0.950. The second kappa shape index (κ2) is 5.48. The van der Waals surface area contributed by atoms with Gasteiger partial charge in [-0.3, -0.25) is 10.1 Å². The standard InChI is InChI=1S/C14H13NO5/c16-10-3-1-9(2-4-10)13(8-15(19)20)12-6-5-11(17)7-14(12)18/h1-7,13,16-18H,8H2. The summed E-state index contributed by atoms with van der Waals surface area (Å²) < 4.78 is 0. The molecule has 0 aliphatic heterocycles. The fourth-order valence-corrected chi connectivity index (χ4v) is 2.07. The number of nitrogens with zero attached hydrogens (tertiary/aromatic N) is 1. The molecule has 3 N–H and O–H groups in total. The maximum absolute atomic E-state index is 10.8. The Kier molecular flexibility index (Phi) is 3.74. The van der Waals surface area contributed by atoms with Crippen molar-refractivity contribution >= 4 is 0 Å². The largest absolute Gasteiger partial charge is 0.508 e. The Balaban J connectivity index is 2.46. The average Bonchev–Trinajstić information content (AvgIpc) is 2.37. The lowest BCUT2D eigenvalue weighted by Crippen LogP contribution is -2.14. The molecule has 2 aromatic rings. The van der Waals surface area contributed by atoms with Gasteiger partial charge >= 0.3 is 0 Å². The van der Waals surface area contributed by atoms with Gasteiger partial charge < -0.3 is 15.3 Å². The Labute approximate surface area is 114 Å². The fourth-order valence-electron chi connectivity index (χ4n) is 2.07. The van der Waals surface area contributed by atoms with Gasteiger partial charge in [0.05, 0.1) is 5.92 Å². The van der Waals surface area contributed by atoms with Crippen LogP contribution in [0.15, 0.2) is 42.5 Å². The van der Waals surface area contributed by atoms with E-state index >= 15 is 0 Å². The number of nitro groups is 1. The first-order valence-corrected chi connectivity index (χ1v) is 5.90. The molecule has 0 saturated heterocycles. The fraction of sp³-hybridized carbons (Fsp3) is 0.143. The van der Waals surface area contributed by atoms with E-state index in [0.29, 0.717) is 11.1 Å². The lowest BCUT2D eigenvalue weighted by atomic mass is 9.90. The first-order chi connectivity index (χ1) is 9.47. The van der Waals surface area contributed by atoms with E-state index in [9.17, 15) is 25.4 Å². The summed E-state index contributed by atoms with van der Waals surface area (Å²) in [4.78, 5) is 10.4. The molecule has 2 rings (SSSR count). The Morgan fingerprint density at radius 1 is 1.00 bits per heavy atom. The number of benzene rings is 2. The van der Waals surface area contributed by atoms with E-state index in [1.54, 1.807) is 12.1 Å². The Bertz CT molecular complexity index is 624. The van der Waals surface area contributed by atoms with Gasteiger partial charge in [-0.15, -0.1) is 0 Å². The third-order valence-electron chi connectivity index (χ3n) is 3.02. The molecule has 0 spiro atoms. The van der Waals surface area contributed by atoms with Crippen LogP contribution in [0.4, 0.5) is 0 Å². The van der Waals surface area contributed by atoms with Crippen molar-refractivity contribution in [3.63, 3.8) is 0 Å². The summed E-state index contributed by atoms with van der Waals surface area (Å²) in [6.07, 6.45) is 0. The molecular formula is C14H13NO5. The first kappa shape index (κ1) is 13.7. The molecule has 0 radical (unpaired) electrons. The van der Waals surface area contributed by atoms with E-state index in [1.807, 2.05) is 0 Å². The van der Waals surface area contributed by atoms with Crippen LogP contribution in [-0.2, 0) is 0 Å². The quantitative estimate of drug-likeness (QED) is 0.586. The summed E-state index contributed by atoms with van der Waals surface area (Å²) in [5.74, 6) is -0.920. The molecule has 104 valence electrons. The minimum absolute atomic E-state index is 0.0588. The number of rotatable bonds is 4. The van der Waals surface area contributed by atoms with Gasteiger partial charge in [-0.25, -0.2) is 0 Å². The lowest BCUT2D eigenvalue weighted by Gasteiger charge is -2.15. The monoisotopic (exact) mass is 275 g/mol. The van der Waals surface area contributed by atoms with Crippen LogP contribution in [0, 0.1) is 10.1 Å². The molecule has 1 unspecified atom stereocenters. The van der Waals surface area contributed by atoms with E-state index < -0.39 is 17.4 Å². The predicted molar refractivity (Wildman–Crippen MR) is 71.6 cm³/mol. The van der Waals surface area contributed by atoms with Gasteiger partial charge in [-0.1, -0.05) is 18.2 Å². The molecule has 0 amide bonds. The third-order valence-corrected chi connectivity index (χ3v) is 3.02. The van der Waals surface area contributed by atoms with Crippen molar-refractivity contribution in [2.75, 3.05) is 6.54 Å². The molecule has 0 saturated carbocycles. The number of hydrogen-bond acceptors (Lipinski definition) is 5. The zero-order chi connectivity index (χ0) is 14.7. The van der Waals surface area contributed by atoms with Crippen LogP contribution < -0.4 is 0 Å². The summed E-state index contributed by atoms with van der Waals surface area (Å²) in [7, 11) is 0. The van der Waals surface area contributed by atoms with Crippen molar-refractivity contribution < 1.29 is 20.2 Å². The zero-order valence-corrected chi connectivity index (χ0v) is 10.4. The maximum Gasteiger partial charge on any atom is 0.214 e. The van der Waals surface area contributed by atoms with Crippen molar-refractivity contribution in [3.8, 4) is 17.2 Å². The van der Waals surface area contributed by atoms with Crippen LogP contribution >= 0.6 is 0 Å². The molecule has 0 fully saturated rings. The van der Waals surface area contributed by atoms with Crippen molar-refractivity contribution in [3.05, 3.63) is 63.7 Å². The van der Waals surface area contributed by atoms with Gasteiger partial charge in [-0.05, 0) is 23.8 Å². The number of phenolic OH excluding ortho intramolecular Hbond substituents is 3. The highest BCUT2D eigenvalue weighted by Crippen LogP contribution is 2.34. The second-order valence-electron chi connectivity index (χ2n) is 4.40. The lowest BCUT2D eigenvalue weighted by molar-refractivity contribution is -0.481. The molecule has 0 aliphatic carbocycles. The third kappa shape index (κ3) is 2.97. The Morgan fingerprint density at radius 2 is 1.60 bits per heavy atom. The molecule has 0 bridgehead atoms. The smallest absolute Gasteiger partial charge is 0.214 e. The van der Waals surface area contributed by atoms with E-state index in [4.69, 9.17) is 0 Å². The molecule has 6 nitrogen and oxygen atoms in total. The van der Waals surface area contributed by atoms with Crippen LogP contribution in [-0.4, -0.2) is 26.8 Å². The van der Waals surface area contributed by atoms with Crippen molar-refractivity contribution in [1.29, 1.82) is 0 Å². The maximum atomic E-state index is 10.8. The molecular weight excluding hydrogens is 262 g/mol. The Morgan fingerprint density at radius 3 is 2.15 bits per heavy atom. The number of hydrogen-bond donors (Lipinski definition) is 3. The first-order valence-electron chi connectivity index (χ1n) is 5.90. The molecule has 1 atom stereocenters. The van der Waals surface area contributed by atoms with Crippen molar-refractivity contribution in [1.82, 2.24) is 0 Å². The zero-order valence-electron chi connectivity index (χ0n) is 10.4. The summed E-state index contributed by atoms with van der Waals surface area (Å²) in [6, 6.07) is 9.95. The molecule has 0 aliphatic rings. The minimum Gasteiger partial charge on any atom is -0.508 e. The van der Waals surface area contributed by atoms with Crippen LogP contribution in [0.25, 0.3) is 0 Å². The number of aromatic hydroxyl groups is 3.